The first-order valence-electron chi connectivity index (χ1n) is 9.61. The first kappa shape index (κ1) is 24.3. The second kappa shape index (κ2) is 10.5. The molecule has 0 bridgehead atoms. The smallest absolute Gasteiger partial charge is 0.347 e. The van der Waals surface area contributed by atoms with Crippen LogP contribution in [0.3, 0.4) is 0 Å². The molecule has 0 saturated heterocycles. The van der Waals surface area contributed by atoms with Crippen LogP contribution in [0, 0.1) is 5.82 Å². The summed E-state index contributed by atoms with van der Waals surface area (Å²) in [5, 5.41) is 5.85. The summed E-state index contributed by atoms with van der Waals surface area (Å²) >= 11 is 11.1. The quantitative estimate of drug-likeness (QED) is 0.406. The Morgan fingerprint density at radius 2 is 2.06 bits per heavy atom. The van der Waals surface area contributed by atoms with Gasteiger partial charge in [-0.1, -0.05) is 33.6 Å². The molecular formula is C21H20BrClFN3O4S. The van der Waals surface area contributed by atoms with Crippen LogP contribution in [-0.2, 0) is 19.1 Å². The highest BCUT2D eigenvalue weighted by atomic mass is 79.9. The number of alkyl halides is 1. The maximum Gasteiger partial charge on any atom is 0.347 e. The molecule has 7 nitrogen and oxygen atoms in total. The van der Waals surface area contributed by atoms with Gasteiger partial charge in [0.1, 0.15) is 11.9 Å². The summed E-state index contributed by atoms with van der Waals surface area (Å²) < 4.78 is 24.2. The normalized spacial score (nSPS) is 17.0. The molecule has 0 aliphatic carbocycles. The van der Waals surface area contributed by atoms with Crippen LogP contribution in [0.1, 0.15) is 37.4 Å². The zero-order valence-electron chi connectivity index (χ0n) is 17.4. The number of thiazole rings is 1. The number of hydrogen-bond acceptors (Lipinski definition) is 8. The number of aliphatic imine (C=N–C) groups is 1. The minimum atomic E-state index is -1.14. The fraction of sp³-hybridized carbons (Fsp3) is 0.333. The van der Waals surface area contributed by atoms with Gasteiger partial charge < -0.3 is 14.8 Å². The van der Waals surface area contributed by atoms with Crippen LogP contribution in [0.25, 0.3) is 0 Å². The van der Waals surface area contributed by atoms with Crippen LogP contribution < -0.4 is 5.32 Å². The van der Waals surface area contributed by atoms with E-state index in [1.807, 2.05) is 0 Å². The third-order valence-electron chi connectivity index (χ3n) is 4.34. The number of aromatic nitrogens is 1. The number of carbonyl (C=O) groups is 2. The highest BCUT2D eigenvalue weighted by molar-refractivity contribution is 9.09. The van der Waals surface area contributed by atoms with Crippen molar-refractivity contribution in [3.63, 3.8) is 0 Å². The van der Waals surface area contributed by atoms with Crippen molar-refractivity contribution in [1.29, 1.82) is 0 Å². The molecule has 0 amide bonds. The Labute approximate surface area is 201 Å². The molecule has 2 atom stereocenters. The number of nitrogens with one attached hydrogen (secondary N) is 1. The second-order valence-electron chi connectivity index (χ2n) is 7.07. The Bertz CT molecular complexity index is 1080. The number of esters is 2. The fourth-order valence-electron chi connectivity index (χ4n) is 2.94. The molecule has 1 aliphatic rings. The van der Waals surface area contributed by atoms with E-state index in [0.717, 1.165) is 6.07 Å². The minimum Gasteiger partial charge on any atom is -0.460 e. The Balaban J connectivity index is 2.02. The molecule has 0 saturated carbocycles. The van der Waals surface area contributed by atoms with Crippen LogP contribution in [0.2, 0.25) is 5.02 Å². The van der Waals surface area contributed by atoms with Gasteiger partial charge in [0.05, 0.1) is 11.7 Å². The highest BCUT2D eigenvalue weighted by Gasteiger charge is 2.35. The summed E-state index contributed by atoms with van der Waals surface area (Å²) in [4.78, 5) is 34.2. The Hall–Kier alpha value is -2.30. The number of benzene rings is 1. The molecule has 32 heavy (non-hydrogen) atoms. The van der Waals surface area contributed by atoms with Crippen LogP contribution in [0.15, 0.2) is 46.0 Å². The van der Waals surface area contributed by atoms with Crippen molar-refractivity contribution < 1.29 is 23.5 Å². The van der Waals surface area contributed by atoms with E-state index < -0.39 is 29.9 Å². The van der Waals surface area contributed by atoms with E-state index >= 15 is 0 Å². The molecule has 0 spiro atoms. The zero-order chi connectivity index (χ0) is 23.4. The van der Waals surface area contributed by atoms with Gasteiger partial charge in [0.15, 0.2) is 16.9 Å². The molecule has 1 N–H and O–H groups in total. The van der Waals surface area contributed by atoms with Gasteiger partial charge in [-0.05, 0) is 32.9 Å². The number of halogens is 3. The summed E-state index contributed by atoms with van der Waals surface area (Å²) in [5.41, 5.74) is 1.01. The fourth-order valence-corrected chi connectivity index (χ4v) is 4.24. The monoisotopic (exact) mass is 543 g/mol. The molecule has 2 heterocycles. The molecule has 1 aromatic carbocycles. The number of carbonyl (C=O) groups excluding carboxylic acids is 2. The van der Waals surface area contributed by atoms with Crippen LogP contribution in [0.5, 0.6) is 0 Å². The Kier molecular flexibility index (Phi) is 8.02. The third-order valence-corrected chi connectivity index (χ3v) is 6.01. The Morgan fingerprint density at radius 1 is 1.31 bits per heavy atom. The summed E-state index contributed by atoms with van der Waals surface area (Å²) in [6, 6.07) is 2.95. The second-order valence-corrected chi connectivity index (χ2v) is 8.93. The van der Waals surface area contributed by atoms with Gasteiger partial charge in [-0.25, -0.2) is 19.0 Å². The molecule has 0 fully saturated rings. The standard InChI is InChI=1S/C21H20BrClFN3O4S/c1-10(2)30-20(28)11(3)31-21(29)16-15(9-22)26-18(19-25-6-7-32-19)27-17(16)13-5-4-12(24)8-14(13)23/h4-8,10-11,17H,9H2,1-3H3,(H,26,27). The van der Waals surface area contributed by atoms with E-state index in [2.05, 4.69) is 31.2 Å². The molecule has 1 aromatic heterocycles. The van der Waals surface area contributed by atoms with Crippen molar-refractivity contribution in [2.75, 3.05) is 5.33 Å². The first-order valence-corrected chi connectivity index (χ1v) is 12.0. The van der Waals surface area contributed by atoms with Gasteiger partial charge in [-0.15, -0.1) is 11.3 Å². The molecule has 0 radical (unpaired) electrons. The lowest BCUT2D eigenvalue weighted by atomic mass is 9.96. The molecule has 170 valence electrons. The van der Waals surface area contributed by atoms with E-state index in [9.17, 15) is 14.0 Å². The molecular weight excluding hydrogens is 525 g/mol. The number of allylic oxidation sites excluding steroid dienone is 1. The van der Waals surface area contributed by atoms with Gasteiger partial charge in [-0.3, -0.25) is 4.99 Å². The van der Waals surface area contributed by atoms with Gasteiger partial charge in [0.25, 0.3) is 0 Å². The van der Waals surface area contributed by atoms with Gasteiger partial charge >= 0.3 is 11.9 Å². The topological polar surface area (TPSA) is 89.9 Å². The van der Waals surface area contributed by atoms with Crippen LogP contribution in [0.4, 0.5) is 4.39 Å². The van der Waals surface area contributed by atoms with Crippen LogP contribution >= 0.6 is 38.9 Å². The largest absolute Gasteiger partial charge is 0.460 e. The van der Waals surface area contributed by atoms with E-state index in [-0.39, 0.29) is 22.0 Å². The maximum absolute atomic E-state index is 13.7. The predicted molar refractivity (Wildman–Crippen MR) is 124 cm³/mol. The lowest BCUT2D eigenvalue weighted by molar-refractivity contribution is -0.167. The summed E-state index contributed by atoms with van der Waals surface area (Å²) in [6.07, 6.45) is 0.143. The van der Waals surface area contributed by atoms with Gasteiger partial charge in [-0.2, -0.15) is 0 Å². The van der Waals surface area contributed by atoms with E-state index in [0.29, 0.717) is 22.1 Å². The zero-order valence-corrected chi connectivity index (χ0v) is 20.6. The highest BCUT2D eigenvalue weighted by Crippen LogP contribution is 2.37. The Morgan fingerprint density at radius 3 is 2.66 bits per heavy atom. The van der Waals surface area contributed by atoms with Crippen molar-refractivity contribution in [2.45, 2.75) is 39.0 Å². The van der Waals surface area contributed by atoms with Crippen molar-refractivity contribution >= 4 is 56.6 Å². The van der Waals surface area contributed by atoms with Crippen molar-refractivity contribution in [2.24, 2.45) is 4.99 Å². The van der Waals surface area contributed by atoms with Crippen molar-refractivity contribution in [3.05, 3.63) is 62.5 Å². The lowest BCUT2D eigenvalue weighted by Crippen LogP contribution is -2.36. The molecule has 1 aliphatic heterocycles. The van der Waals surface area contributed by atoms with E-state index in [1.165, 1.54) is 30.4 Å². The number of amidine groups is 1. The van der Waals surface area contributed by atoms with E-state index in [4.69, 9.17) is 21.1 Å². The average molecular weight is 545 g/mol. The minimum absolute atomic E-state index is 0.102. The molecule has 3 rings (SSSR count). The molecule has 2 aromatic rings. The average Bonchev–Trinajstić information content (AvgIpc) is 3.27. The first-order chi connectivity index (χ1) is 15.2. The SMILES string of the molecule is CC(C)OC(=O)C(C)OC(=O)C1=C(CBr)NC(c2nccs2)=NC1c1ccc(F)cc1Cl. The maximum atomic E-state index is 13.7. The number of ether oxygens (including phenoxy) is 2. The number of nitrogens with zero attached hydrogens (tertiary/aromatic N) is 2. The number of rotatable bonds is 7. The molecule has 2 unspecified atom stereocenters. The van der Waals surface area contributed by atoms with Gasteiger partial charge in [0.2, 0.25) is 0 Å². The number of hydrogen-bond donors (Lipinski definition) is 1. The van der Waals surface area contributed by atoms with Crippen LogP contribution in [-0.4, -0.2) is 40.3 Å². The third kappa shape index (κ3) is 5.54. The van der Waals surface area contributed by atoms with E-state index in [1.54, 1.807) is 25.4 Å². The summed E-state index contributed by atoms with van der Waals surface area (Å²) in [5.74, 6) is -1.52. The summed E-state index contributed by atoms with van der Waals surface area (Å²) in [7, 11) is 0. The predicted octanol–water partition coefficient (Wildman–Crippen LogP) is 4.56. The molecule has 11 heteroatoms. The van der Waals surface area contributed by atoms with Crippen molar-refractivity contribution in [1.82, 2.24) is 10.3 Å². The van der Waals surface area contributed by atoms with Crippen molar-refractivity contribution in [3.8, 4) is 0 Å². The summed E-state index contributed by atoms with van der Waals surface area (Å²) in [6.45, 7) is 4.83. The lowest BCUT2D eigenvalue weighted by Gasteiger charge is -2.27. The van der Waals surface area contributed by atoms with Gasteiger partial charge in [0, 0.05) is 33.2 Å².